The van der Waals surface area contributed by atoms with Crippen molar-refractivity contribution >= 4 is 5.69 Å². The van der Waals surface area contributed by atoms with Crippen LogP contribution in [0.25, 0.3) is 22.8 Å². The third-order valence-corrected chi connectivity index (χ3v) is 4.11. The van der Waals surface area contributed by atoms with Crippen molar-refractivity contribution in [1.29, 1.82) is 0 Å². The Labute approximate surface area is 161 Å². The second-order valence-corrected chi connectivity index (χ2v) is 5.79. The van der Waals surface area contributed by atoms with Crippen molar-refractivity contribution in [2.45, 2.75) is 6.18 Å². The zero-order chi connectivity index (χ0) is 21.3. The molecule has 29 heavy (non-hydrogen) atoms. The van der Waals surface area contributed by atoms with Gasteiger partial charge >= 0.3 is 11.9 Å². The number of hydrogen-bond acceptors (Lipinski definition) is 7. The van der Waals surface area contributed by atoms with Gasteiger partial charge < -0.3 is 14.0 Å². The molecule has 0 fully saturated rings. The van der Waals surface area contributed by atoms with Crippen molar-refractivity contribution in [1.82, 2.24) is 19.7 Å². The number of nitrogens with zero attached hydrogens (tertiary/aromatic N) is 5. The highest BCUT2D eigenvalue weighted by Gasteiger charge is 2.37. The standard InChI is InChI=1S/C17H14F3N5O4/c1-24-15(9-7-11(25(26)27)13(29-3)12(8-9)28-2)22-23-16(24)10-5-4-6-21-14(10)17(18,19)20/h4-8H,1-3H3. The number of hydrogen-bond donors (Lipinski definition) is 0. The van der Waals surface area contributed by atoms with Crippen LogP contribution in [0.1, 0.15) is 5.69 Å². The number of methoxy groups -OCH3 is 2. The van der Waals surface area contributed by atoms with Crippen LogP contribution in [0.2, 0.25) is 0 Å². The molecular formula is C17H14F3N5O4. The third kappa shape index (κ3) is 3.56. The van der Waals surface area contributed by atoms with Crippen molar-refractivity contribution in [3.63, 3.8) is 0 Å². The number of pyridine rings is 1. The fraction of sp³-hybridized carbons (Fsp3) is 0.235. The second kappa shape index (κ2) is 7.37. The van der Waals surface area contributed by atoms with E-state index in [4.69, 9.17) is 9.47 Å². The van der Waals surface area contributed by atoms with Crippen LogP contribution in [0, 0.1) is 10.1 Å². The molecule has 0 amide bonds. The Morgan fingerprint density at radius 3 is 2.41 bits per heavy atom. The Kier molecular flexibility index (Phi) is 5.10. The van der Waals surface area contributed by atoms with Crippen LogP contribution >= 0.6 is 0 Å². The summed E-state index contributed by atoms with van der Waals surface area (Å²) < 4.78 is 51.3. The Balaban J connectivity index is 2.20. The molecule has 0 spiro atoms. The number of alkyl halides is 3. The van der Waals surface area contributed by atoms with Gasteiger partial charge in [0.2, 0.25) is 5.75 Å². The molecule has 0 bridgehead atoms. The summed E-state index contributed by atoms with van der Waals surface area (Å²) >= 11 is 0. The Hall–Kier alpha value is -3.70. The van der Waals surface area contributed by atoms with Gasteiger partial charge in [-0.25, -0.2) is 0 Å². The number of nitro groups is 1. The zero-order valence-corrected chi connectivity index (χ0v) is 15.4. The molecule has 152 valence electrons. The lowest BCUT2D eigenvalue weighted by Gasteiger charge is -2.12. The molecule has 0 unspecified atom stereocenters. The molecule has 0 aliphatic heterocycles. The lowest BCUT2D eigenvalue weighted by Crippen LogP contribution is -2.11. The van der Waals surface area contributed by atoms with Gasteiger partial charge in [-0.3, -0.25) is 15.1 Å². The van der Waals surface area contributed by atoms with Gasteiger partial charge in [-0.1, -0.05) is 0 Å². The van der Waals surface area contributed by atoms with Crippen LogP contribution in [0.5, 0.6) is 11.5 Å². The highest BCUT2D eigenvalue weighted by molar-refractivity contribution is 5.71. The smallest absolute Gasteiger partial charge is 0.434 e. The minimum atomic E-state index is -4.69. The molecule has 1 aromatic carbocycles. The van der Waals surface area contributed by atoms with E-state index in [1.807, 2.05) is 0 Å². The van der Waals surface area contributed by atoms with E-state index < -0.39 is 16.8 Å². The summed E-state index contributed by atoms with van der Waals surface area (Å²) in [5, 5.41) is 19.1. The van der Waals surface area contributed by atoms with Gasteiger partial charge in [0, 0.05) is 24.9 Å². The molecule has 2 aromatic heterocycles. The molecule has 0 atom stereocenters. The average molecular weight is 409 g/mol. The highest BCUT2D eigenvalue weighted by atomic mass is 19.4. The summed E-state index contributed by atoms with van der Waals surface area (Å²) in [4.78, 5) is 14.1. The summed E-state index contributed by atoms with van der Waals surface area (Å²) in [6.45, 7) is 0. The Morgan fingerprint density at radius 1 is 1.14 bits per heavy atom. The number of nitro benzene ring substituents is 1. The van der Waals surface area contributed by atoms with Crippen molar-refractivity contribution in [3.05, 3.63) is 46.3 Å². The minimum absolute atomic E-state index is 0.0682. The molecule has 0 radical (unpaired) electrons. The average Bonchev–Trinajstić information content (AvgIpc) is 3.07. The first-order valence-electron chi connectivity index (χ1n) is 8.01. The van der Waals surface area contributed by atoms with Crippen LogP contribution < -0.4 is 9.47 Å². The molecule has 3 rings (SSSR count). The molecule has 3 aromatic rings. The van der Waals surface area contributed by atoms with Gasteiger partial charge in [0.05, 0.1) is 24.7 Å². The van der Waals surface area contributed by atoms with Crippen LogP contribution in [0.4, 0.5) is 18.9 Å². The van der Waals surface area contributed by atoms with Gasteiger partial charge in [0.15, 0.2) is 23.1 Å². The molecule has 2 heterocycles. The highest BCUT2D eigenvalue weighted by Crippen LogP contribution is 2.41. The lowest BCUT2D eigenvalue weighted by atomic mass is 10.1. The molecule has 0 saturated carbocycles. The maximum atomic E-state index is 13.3. The summed E-state index contributed by atoms with van der Waals surface area (Å²) in [7, 11) is 4.01. The van der Waals surface area contributed by atoms with E-state index in [0.29, 0.717) is 0 Å². The first kappa shape index (κ1) is 20.0. The summed E-state index contributed by atoms with van der Waals surface area (Å²) in [6.07, 6.45) is -3.66. The predicted molar refractivity (Wildman–Crippen MR) is 94.4 cm³/mol. The largest absolute Gasteiger partial charge is 0.493 e. The first-order valence-corrected chi connectivity index (χ1v) is 8.01. The minimum Gasteiger partial charge on any atom is -0.493 e. The maximum absolute atomic E-state index is 13.3. The fourth-order valence-corrected chi connectivity index (χ4v) is 2.84. The van der Waals surface area contributed by atoms with Gasteiger partial charge in [0.1, 0.15) is 0 Å². The Bertz CT molecular complexity index is 1080. The van der Waals surface area contributed by atoms with E-state index in [2.05, 4.69) is 15.2 Å². The summed E-state index contributed by atoms with van der Waals surface area (Å²) in [5.74, 6) is -0.0206. The maximum Gasteiger partial charge on any atom is 0.434 e. The number of benzene rings is 1. The fourth-order valence-electron chi connectivity index (χ4n) is 2.84. The molecule has 0 aliphatic rings. The van der Waals surface area contributed by atoms with Gasteiger partial charge in [-0.15, -0.1) is 10.2 Å². The van der Waals surface area contributed by atoms with E-state index in [9.17, 15) is 23.3 Å². The van der Waals surface area contributed by atoms with Crippen molar-refractivity contribution in [3.8, 4) is 34.3 Å². The Morgan fingerprint density at radius 2 is 1.83 bits per heavy atom. The van der Waals surface area contributed by atoms with Crippen LogP contribution in [-0.4, -0.2) is 38.9 Å². The zero-order valence-electron chi connectivity index (χ0n) is 15.4. The topological polar surface area (TPSA) is 105 Å². The van der Waals surface area contributed by atoms with Gasteiger partial charge in [-0.05, 0) is 18.2 Å². The number of rotatable bonds is 5. The van der Waals surface area contributed by atoms with E-state index >= 15 is 0 Å². The van der Waals surface area contributed by atoms with Crippen molar-refractivity contribution in [2.24, 2.45) is 7.05 Å². The van der Waals surface area contributed by atoms with Crippen molar-refractivity contribution in [2.75, 3.05) is 14.2 Å². The lowest BCUT2D eigenvalue weighted by molar-refractivity contribution is -0.385. The molecule has 0 saturated heterocycles. The SMILES string of the molecule is COc1cc(-c2nnc(-c3cccnc3C(F)(F)F)n2C)cc([N+](=O)[O-])c1OC. The predicted octanol–water partition coefficient (Wildman–Crippen LogP) is 3.49. The summed E-state index contributed by atoms with van der Waals surface area (Å²) in [6, 6.07) is 5.18. The monoisotopic (exact) mass is 409 g/mol. The van der Waals surface area contributed by atoms with E-state index in [1.165, 1.54) is 50.1 Å². The van der Waals surface area contributed by atoms with Crippen LogP contribution in [0.15, 0.2) is 30.5 Å². The van der Waals surface area contributed by atoms with Crippen LogP contribution in [-0.2, 0) is 13.2 Å². The molecule has 0 aliphatic carbocycles. The summed E-state index contributed by atoms with van der Waals surface area (Å²) in [5.41, 5.74) is -1.55. The number of aromatic nitrogens is 4. The quantitative estimate of drug-likeness (QED) is 0.469. The van der Waals surface area contributed by atoms with Gasteiger partial charge in [0.25, 0.3) is 0 Å². The van der Waals surface area contributed by atoms with E-state index in [0.717, 1.165) is 6.20 Å². The van der Waals surface area contributed by atoms with E-state index in [1.54, 1.807) is 0 Å². The molecule has 0 N–H and O–H groups in total. The molecular weight excluding hydrogens is 395 g/mol. The van der Waals surface area contributed by atoms with E-state index in [-0.39, 0.29) is 40.0 Å². The normalized spacial score (nSPS) is 11.4. The number of halogens is 3. The van der Waals surface area contributed by atoms with Crippen molar-refractivity contribution < 1.29 is 27.6 Å². The number of ether oxygens (including phenoxy) is 2. The molecule has 9 nitrogen and oxygen atoms in total. The van der Waals surface area contributed by atoms with Crippen LogP contribution in [0.3, 0.4) is 0 Å². The van der Waals surface area contributed by atoms with Gasteiger partial charge in [-0.2, -0.15) is 13.2 Å². The first-order chi connectivity index (χ1) is 13.7. The molecule has 12 heteroatoms. The second-order valence-electron chi connectivity index (χ2n) is 5.79. The third-order valence-electron chi connectivity index (χ3n) is 4.11.